The Morgan fingerprint density at radius 3 is 2.28 bits per heavy atom. The van der Waals surface area contributed by atoms with Crippen LogP contribution in [0, 0.1) is 0 Å². The monoisotopic (exact) mass is 354 g/mol. The molecule has 0 radical (unpaired) electrons. The summed E-state index contributed by atoms with van der Waals surface area (Å²) in [5, 5.41) is 0. The van der Waals surface area contributed by atoms with Crippen molar-refractivity contribution >= 4 is 35.9 Å². The maximum absolute atomic E-state index is 11.9. The number of hydrogen-bond acceptors (Lipinski definition) is 5. The van der Waals surface area contributed by atoms with Gasteiger partial charge in [-0.1, -0.05) is 34.1 Å². The Hall–Kier alpha value is -0.440. The first-order chi connectivity index (χ1) is 8.30. The quantitative estimate of drug-likeness (QED) is 0.596. The maximum atomic E-state index is 11.9. The van der Waals surface area contributed by atoms with Gasteiger partial charge in [-0.2, -0.15) is 8.42 Å². The number of alkyl halides is 1. The molecule has 0 aliphatic carbocycles. The van der Waals surface area contributed by atoms with E-state index in [-0.39, 0.29) is 16.4 Å². The normalized spacial score (nSPS) is 27.2. The van der Waals surface area contributed by atoms with Gasteiger partial charge in [0.1, 0.15) is 6.10 Å². The van der Waals surface area contributed by atoms with Gasteiger partial charge in [0.15, 0.2) is 9.84 Å². The van der Waals surface area contributed by atoms with E-state index in [0.717, 1.165) is 0 Å². The van der Waals surface area contributed by atoms with Crippen molar-refractivity contribution in [3.05, 3.63) is 30.3 Å². The Labute approximate surface area is 114 Å². The zero-order chi connectivity index (χ0) is 13.4. The van der Waals surface area contributed by atoms with E-state index < -0.39 is 30.9 Å². The first-order valence-corrected chi connectivity index (χ1v) is 9.27. The van der Waals surface area contributed by atoms with Crippen LogP contribution in [0.15, 0.2) is 35.2 Å². The minimum Gasteiger partial charge on any atom is -0.261 e. The summed E-state index contributed by atoms with van der Waals surface area (Å²) in [6, 6.07) is 7.65. The van der Waals surface area contributed by atoms with Crippen molar-refractivity contribution in [3.63, 3.8) is 0 Å². The predicted molar refractivity (Wildman–Crippen MR) is 69.9 cm³/mol. The smallest absolute Gasteiger partial charge is 0.261 e. The molecule has 0 bridgehead atoms. The molecule has 1 aliphatic rings. The third kappa shape index (κ3) is 3.11. The molecule has 1 aromatic rings. The fourth-order valence-electron chi connectivity index (χ4n) is 1.67. The second-order valence-electron chi connectivity index (χ2n) is 3.99. The molecule has 8 heteroatoms. The Kier molecular flexibility index (Phi) is 3.82. The van der Waals surface area contributed by atoms with Crippen molar-refractivity contribution in [2.75, 3.05) is 11.5 Å². The van der Waals surface area contributed by atoms with Gasteiger partial charge in [0.25, 0.3) is 10.1 Å². The van der Waals surface area contributed by atoms with Gasteiger partial charge in [-0.05, 0) is 12.1 Å². The SMILES string of the molecule is O=S1(=O)CC(Br)C(OS(=O)(=O)c2ccccc2)C1. The molecule has 0 spiro atoms. The van der Waals surface area contributed by atoms with Crippen LogP contribution in [0.2, 0.25) is 0 Å². The largest absolute Gasteiger partial charge is 0.297 e. The highest BCUT2D eigenvalue weighted by Gasteiger charge is 2.39. The zero-order valence-electron chi connectivity index (χ0n) is 9.19. The molecule has 18 heavy (non-hydrogen) atoms. The van der Waals surface area contributed by atoms with Crippen LogP contribution < -0.4 is 0 Å². The molecule has 2 unspecified atom stereocenters. The lowest BCUT2D eigenvalue weighted by molar-refractivity contribution is 0.242. The molecule has 0 amide bonds. The molecule has 0 N–H and O–H groups in total. The van der Waals surface area contributed by atoms with Crippen LogP contribution in [0.1, 0.15) is 0 Å². The van der Waals surface area contributed by atoms with Gasteiger partial charge in [0.05, 0.1) is 21.2 Å². The molecule has 0 saturated carbocycles. The highest BCUT2D eigenvalue weighted by atomic mass is 79.9. The van der Waals surface area contributed by atoms with Crippen LogP contribution in [0.25, 0.3) is 0 Å². The van der Waals surface area contributed by atoms with E-state index in [1.54, 1.807) is 18.2 Å². The number of sulfone groups is 1. The molecular weight excluding hydrogens is 344 g/mol. The van der Waals surface area contributed by atoms with Crippen LogP contribution in [0.4, 0.5) is 0 Å². The lowest BCUT2D eigenvalue weighted by Gasteiger charge is -2.13. The fraction of sp³-hybridized carbons (Fsp3) is 0.400. The molecular formula is C10H11BrO5S2. The number of benzene rings is 1. The van der Waals surface area contributed by atoms with Crippen LogP contribution in [0.5, 0.6) is 0 Å². The van der Waals surface area contributed by atoms with Gasteiger partial charge < -0.3 is 0 Å². The average molecular weight is 355 g/mol. The third-order valence-electron chi connectivity index (χ3n) is 2.52. The molecule has 1 aliphatic heterocycles. The third-order valence-corrected chi connectivity index (χ3v) is 6.91. The lowest BCUT2D eigenvalue weighted by Crippen LogP contribution is -2.26. The molecule has 1 saturated heterocycles. The van der Waals surface area contributed by atoms with Crippen LogP contribution in [-0.2, 0) is 24.1 Å². The van der Waals surface area contributed by atoms with Crippen LogP contribution in [0.3, 0.4) is 0 Å². The van der Waals surface area contributed by atoms with Gasteiger partial charge in [0, 0.05) is 0 Å². The van der Waals surface area contributed by atoms with Crippen LogP contribution in [-0.4, -0.2) is 39.3 Å². The number of halogens is 1. The van der Waals surface area contributed by atoms with E-state index in [2.05, 4.69) is 15.9 Å². The first-order valence-electron chi connectivity index (χ1n) is 5.13. The summed E-state index contributed by atoms with van der Waals surface area (Å²) in [5.41, 5.74) is 0. The van der Waals surface area contributed by atoms with Gasteiger partial charge in [-0.15, -0.1) is 0 Å². The van der Waals surface area contributed by atoms with E-state index in [1.807, 2.05) is 0 Å². The van der Waals surface area contributed by atoms with E-state index in [0.29, 0.717) is 0 Å². The summed E-state index contributed by atoms with van der Waals surface area (Å²) in [6.45, 7) is 0. The van der Waals surface area contributed by atoms with Crippen molar-refractivity contribution in [1.82, 2.24) is 0 Å². The molecule has 0 aromatic heterocycles. The van der Waals surface area contributed by atoms with Gasteiger partial charge in [-0.3, -0.25) is 4.18 Å². The van der Waals surface area contributed by atoms with Crippen molar-refractivity contribution < 1.29 is 21.0 Å². The Morgan fingerprint density at radius 1 is 1.17 bits per heavy atom. The number of rotatable bonds is 3. The highest BCUT2D eigenvalue weighted by Crippen LogP contribution is 2.26. The summed E-state index contributed by atoms with van der Waals surface area (Å²) >= 11 is 3.14. The minimum absolute atomic E-state index is 0.0222. The molecule has 2 rings (SSSR count). The predicted octanol–water partition coefficient (Wildman–Crippen LogP) is 0.952. The van der Waals surface area contributed by atoms with E-state index in [9.17, 15) is 16.8 Å². The minimum atomic E-state index is -3.92. The van der Waals surface area contributed by atoms with Gasteiger partial charge in [0.2, 0.25) is 0 Å². The van der Waals surface area contributed by atoms with Gasteiger partial charge in [-0.25, -0.2) is 8.42 Å². The second kappa shape index (κ2) is 4.92. The second-order valence-corrected chi connectivity index (χ2v) is 8.90. The highest BCUT2D eigenvalue weighted by molar-refractivity contribution is 9.09. The summed E-state index contributed by atoms with van der Waals surface area (Å²) in [6.07, 6.45) is -0.875. The number of hydrogen-bond donors (Lipinski definition) is 0. The molecule has 100 valence electrons. The van der Waals surface area contributed by atoms with Crippen LogP contribution >= 0.6 is 15.9 Å². The summed E-state index contributed by atoms with van der Waals surface area (Å²) in [5.74, 6) is -0.392. The van der Waals surface area contributed by atoms with E-state index >= 15 is 0 Å². The van der Waals surface area contributed by atoms with Gasteiger partial charge >= 0.3 is 0 Å². The maximum Gasteiger partial charge on any atom is 0.297 e. The summed E-state index contributed by atoms with van der Waals surface area (Å²) < 4.78 is 51.5. The summed E-state index contributed by atoms with van der Waals surface area (Å²) in [7, 11) is -7.16. The van der Waals surface area contributed by atoms with E-state index in [4.69, 9.17) is 4.18 Å². The van der Waals surface area contributed by atoms with Crippen molar-refractivity contribution in [1.29, 1.82) is 0 Å². The molecule has 1 heterocycles. The standard InChI is InChI=1S/C10H11BrO5S2/c11-9-6-17(12,13)7-10(9)16-18(14,15)8-4-2-1-3-5-8/h1-5,9-10H,6-7H2. The average Bonchev–Trinajstić information content (AvgIpc) is 2.52. The Balaban J connectivity index is 2.20. The Morgan fingerprint density at radius 2 is 1.78 bits per heavy atom. The fourth-order valence-corrected chi connectivity index (χ4v) is 6.41. The van der Waals surface area contributed by atoms with Crippen molar-refractivity contribution in [2.24, 2.45) is 0 Å². The molecule has 1 fully saturated rings. The summed E-state index contributed by atoms with van der Waals surface area (Å²) in [4.78, 5) is -0.477. The topological polar surface area (TPSA) is 77.5 Å². The van der Waals surface area contributed by atoms with Crippen molar-refractivity contribution in [2.45, 2.75) is 15.8 Å². The van der Waals surface area contributed by atoms with E-state index in [1.165, 1.54) is 12.1 Å². The molecule has 2 atom stereocenters. The molecule has 1 aromatic carbocycles. The molecule has 5 nitrogen and oxygen atoms in total. The first kappa shape index (κ1) is 14.0. The Bertz CT molecular complexity index is 623. The zero-order valence-corrected chi connectivity index (χ0v) is 12.4. The van der Waals surface area contributed by atoms with Crippen molar-refractivity contribution in [3.8, 4) is 0 Å². The lowest BCUT2D eigenvalue weighted by atomic mass is 10.3.